The second-order valence-corrected chi connectivity index (χ2v) is 7.50. The van der Waals surface area contributed by atoms with E-state index in [4.69, 9.17) is 4.84 Å². The zero-order chi connectivity index (χ0) is 25.4. The van der Waals surface area contributed by atoms with E-state index >= 15 is 0 Å². The number of nitrogens with one attached hydrogen (secondary N) is 2. The van der Waals surface area contributed by atoms with E-state index in [1.807, 2.05) is 32.0 Å². The zero-order valence-corrected chi connectivity index (χ0v) is 19.2. The lowest BCUT2D eigenvalue weighted by Gasteiger charge is -2.10. The zero-order valence-electron chi connectivity index (χ0n) is 19.2. The number of benzene rings is 3. The summed E-state index contributed by atoms with van der Waals surface area (Å²) < 4.78 is 40.6. The largest absolute Gasteiger partial charge is 0.573 e. The Labute approximate surface area is 200 Å². The lowest BCUT2D eigenvalue weighted by Crippen LogP contribution is -2.25. The highest BCUT2D eigenvalue weighted by molar-refractivity contribution is 5.98. The third kappa shape index (κ3) is 7.88. The first-order valence-corrected chi connectivity index (χ1v) is 10.4. The van der Waals surface area contributed by atoms with Crippen LogP contribution in [0, 0.1) is 13.8 Å². The molecule has 3 aromatic rings. The first kappa shape index (κ1) is 25.3. The minimum Gasteiger partial charge on any atom is -0.406 e. The molecule has 0 saturated carbocycles. The number of aryl methyl sites for hydroxylation is 2. The predicted octanol–water partition coefficient (Wildman–Crippen LogP) is 6.16. The first-order chi connectivity index (χ1) is 16.6. The van der Waals surface area contributed by atoms with Crippen LogP contribution in [0.3, 0.4) is 0 Å². The van der Waals surface area contributed by atoms with Gasteiger partial charge in [-0.25, -0.2) is 10.2 Å². The smallest absolute Gasteiger partial charge is 0.406 e. The number of anilines is 1. The SMILES string of the molecule is CC(=NOc1ccc(C=NNC(=O)Nc2c(C)cccc2C)cc1)c1ccc(OC(F)(F)F)cc1. The van der Waals surface area contributed by atoms with E-state index in [0.29, 0.717) is 22.6 Å². The molecule has 0 aliphatic rings. The van der Waals surface area contributed by atoms with Crippen molar-refractivity contribution in [1.29, 1.82) is 0 Å². The molecule has 0 radical (unpaired) electrons. The lowest BCUT2D eigenvalue weighted by molar-refractivity contribution is -0.274. The molecule has 2 N–H and O–H groups in total. The summed E-state index contributed by atoms with van der Waals surface area (Å²) in [5.74, 6) is 0.128. The van der Waals surface area contributed by atoms with Crippen molar-refractivity contribution in [3.63, 3.8) is 0 Å². The van der Waals surface area contributed by atoms with E-state index in [1.54, 1.807) is 31.2 Å². The molecule has 0 aliphatic heterocycles. The van der Waals surface area contributed by atoms with Gasteiger partial charge < -0.3 is 14.9 Å². The van der Waals surface area contributed by atoms with E-state index in [-0.39, 0.29) is 5.75 Å². The van der Waals surface area contributed by atoms with Crippen molar-refractivity contribution < 1.29 is 27.5 Å². The lowest BCUT2D eigenvalue weighted by atomic mass is 10.1. The molecule has 10 heteroatoms. The number of halogens is 3. The fourth-order valence-electron chi connectivity index (χ4n) is 3.00. The number of para-hydroxylation sites is 1. The quantitative estimate of drug-likeness (QED) is 0.311. The van der Waals surface area contributed by atoms with Gasteiger partial charge in [0.25, 0.3) is 0 Å². The number of amides is 2. The summed E-state index contributed by atoms with van der Waals surface area (Å²) in [6.07, 6.45) is -3.26. The van der Waals surface area contributed by atoms with E-state index in [2.05, 4.69) is 25.7 Å². The van der Waals surface area contributed by atoms with Gasteiger partial charge in [-0.05, 0) is 91.6 Å². The van der Waals surface area contributed by atoms with Gasteiger partial charge in [-0.1, -0.05) is 23.4 Å². The van der Waals surface area contributed by atoms with E-state index in [0.717, 1.165) is 16.8 Å². The third-order valence-corrected chi connectivity index (χ3v) is 4.77. The Morgan fingerprint density at radius 1 is 0.914 bits per heavy atom. The Hall–Kier alpha value is -4.34. The van der Waals surface area contributed by atoms with Crippen LogP contribution in [0.1, 0.15) is 29.2 Å². The normalized spacial score (nSPS) is 11.9. The number of ether oxygens (including phenoxy) is 1. The standard InChI is InChI=1S/C25H23F3N4O3/c1-16-5-4-6-17(2)23(16)30-24(33)31-29-15-19-7-11-22(12-8-19)35-32-18(3)20-9-13-21(14-10-20)34-25(26,27)28/h4-15H,1-3H3,(H2,30,31,33). The highest BCUT2D eigenvalue weighted by atomic mass is 19.4. The Bertz CT molecular complexity index is 1200. The third-order valence-electron chi connectivity index (χ3n) is 4.77. The number of alkyl halides is 3. The van der Waals surface area contributed by atoms with Crippen LogP contribution in [-0.2, 0) is 0 Å². The molecule has 0 aromatic heterocycles. The van der Waals surface area contributed by atoms with Gasteiger partial charge in [0, 0.05) is 5.69 Å². The molecule has 3 aromatic carbocycles. The Morgan fingerprint density at radius 2 is 1.51 bits per heavy atom. The molecule has 0 bridgehead atoms. The molecule has 0 aliphatic carbocycles. The molecule has 0 unspecified atom stereocenters. The maximum atomic E-state index is 12.3. The van der Waals surface area contributed by atoms with Gasteiger partial charge in [-0.15, -0.1) is 13.2 Å². The fraction of sp³-hybridized carbons (Fsp3) is 0.160. The van der Waals surface area contributed by atoms with Crippen LogP contribution in [0.25, 0.3) is 0 Å². The maximum absolute atomic E-state index is 12.3. The molecule has 0 fully saturated rings. The van der Waals surface area contributed by atoms with Crippen molar-refractivity contribution in [3.05, 3.63) is 89.0 Å². The van der Waals surface area contributed by atoms with Crippen LogP contribution in [-0.4, -0.2) is 24.3 Å². The molecule has 0 spiro atoms. The minimum absolute atomic E-state index is 0.315. The number of hydrogen-bond donors (Lipinski definition) is 2. The summed E-state index contributed by atoms with van der Waals surface area (Å²) in [5.41, 5.74) is 6.81. The van der Waals surface area contributed by atoms with Crippen LogP contribution < -0.4 is 20.3 Å². The van der Waals surface area contributed by atoms with Crippen molar-refractivity contribution >= 4 is 23.6 Å². The Morgan fingerprint density at radius 3 is 2.11 bits per heavy atom. The molecule has 182 valence electrons. The average molecular weight is 484 g/mol. The molecule has 7 nitrogen and oxygen atoms in total. The maximum Gasteiger partial charge on any atom is 0.573 e. The van der Waals surface area contributed by atoms with Crippen molar-refractivity contribution in [2.24, 2.45) is 10.3 Å². The van der Waals surface area contributed by atoms with Crippen LogP contribution in [0.5, 0.6) is 11.5 Å². The van der Waals surface area contributed by atoms with Crippen molar-refractivity contribution in [2.75, 3.05) is 5.32 Å². The molecule has 0 atom stereocenters. The molecule has 0 saturated heterocycles. The monoisotopic (exact) mass is 484 g/mol. The number of oxime groups is 1. The predicted molar refractivity (Wildman–Crippen MR) is 128 cm³/mol. The summed E-state index contributed by atoms with van der Waals surface area (Å²) in [4.78, 5) is 17.5. The van der Waals surface area contributed by atoms with Crippen LogP contribution >= 0.6 is 0 Å². The Balaban J connectivity index is 1.51. The molecule has 0 heterocycles. The van der Waals surface area contributed by atoms with Crippen LogP contribution in [0.15, 0.2) is 77.0 Å². The van der Waals surface area contributed by atoms with Crippen LogP contribution in [0.2, 0.25) is 0 Å². The van der Waals surface area contributed by atoms with Crippen molar-refractivity contribution in [3.8, 4) is 11.5 Å². The summed E-state index contributed by atoms with van der Waals surface area (Å²) in [6, 6.07) is 17.3. The number of hydrazone groups is 1. The van der Waals surface area contributed by atoms with E-state index in [1.165, 1.54) is 30.5 Å². The number of carbonyl (C=O) groups excluding carboxylic acids is 1. The summed E-state index contributed by atoms with van der Waals surface area (Å²) >= 11 is 0. The summed E-state index contributed by atoms with van der Waals surface area (Å²) in [7, 11) is 0. The number of hydrogen-bond acceptors (Lipinski definition) is 5. The van der Waals surface area contributed by atoms with Gasteiger partial charge in [0.2, 0.25) is 0 Å². The molecular formula is C25H23F3N4O3. The highest BCUT2D eigenvalue weighted by Gasteiger charge is 2.30. The molecule has 2 amide bonds. The second-order valence-electron chi connectivity index (χ2n) is 7.50. The molecule has 35 heavy (non-hydrogen) atoms. The second kappa shape index (κ2) is 11.2. The fourth-order valence-corrected chi connectivity index (χ4v) is 3.00. The molecule has 3 rings (SSSR count). The number of rotatable bonds is 7. The minimum atomic E-state index is -4.74. The van der Waals surface area contributed by atoms with Gasteiger partial charge in [0.05, 0.1) is 11.9 Å². The van der Waals surface area contributed by atoms with Gasteiger partial charge in [0.15, 0.2) is 5.75 Å². The van der Waals surface area contributed by atoms with Gasteiger partial charge in [-0.3, -0.25) is 0 Å². The first-order valence-electron chi connectivity index (χ1n) is 10.4. The number of carbonyl (C=O) groups is 1. The van der Waals surface area contributed by atoms with Crippen molar-refractivity contribution in [2.45, 2.75) is 27.1 Å². The Kier molecular flexibility index (Phi) is 8.08. The van der Waals surface area contributed by atoms with E-state index < -0.39 is 12.4 Å². The average Bonchev–Trinajstić information content (AvgIpc) is 2.80. The number of nitrogens with zero attached hydrogens (tertiary/aromatic N) is 2. The van der Waals surface area contributed by atoms with Crippen LogP contribution in [0.4, 0.5) is 23.7 Å². The van der Waals surface area contributed by atoms with E-state index in [9.17, 15) is 18.0 Å². The van der Waals surface area contributed by atoms with Gasteiger partial charge in [-0.2, -0.15) is 5.10 Å². The topological polar surface area (TPSA) is 84.3 Å². The van der Waals surface area contributed by atoms with Crippen molar-refractivity contribution in [1.82, 2.24) is 5.43 Å². The number of urea groups is 1. The van der Waals surface area contributed by atoms with Gasteiger partial charge >= 0.3 is 12.4 Å². The molecular weight excluding hydrogens is 461 g/mol. The highest BCUT2D eigenvalue weighted by Crippen LogP contribution is 2.23. The van der Waals surface area contributed by atoms with Gasteiger partial charge in [0.1, 0.15) is 5.75 Å². The summed E-state index contributed by atoms with van der Waals surface area (Å²) in [5, 5.41) is 10.7. The summed E-state index contributed by atoms with van der Waals surface area (Å²) in [6.45, 7) is 5.48.